The Morgan fingerprint density at radius 2 is 2.47 bits per heavy atom. The summed E-state index contributed by atoms with van der Waals surface area (Å²) >= 11 is 0. The number of hydrogen-bond acceptors (Lipinski definition) is 4. The van der Waals surface area contributed by atoms with E-state index in [1.165, 1.54) is 12.8 Å². The molecule has 2 rings (SSSR count). The number of aromatic nitrogens is 2. The van der Waals surface area contributed by atoms with Crippen LogP contribution in [0.3, 0.4) is 0 Å². The second-order valence-electron chi connectivity index (χ2n) is 4.48. The maximum Gasteiger partial charge on any atom is 0.120 e. The first kappa shape index (κ1) is 12.5. The molecule has 1 aromatic rings. The van der Waals surface area contributed by atoms with Crippen LogP contribution in [-0.2, 0) is 11.3 Å². The molecule has 5 heteroatoms. The first-order chi connectivity index (χ1) is 8.38. The topological polar surface area (TPSA) is 61.4 Å². The molecule has 1 fully saturated rings. The zero-order valence-electron chi connectivity index (χ0n) is 10.1. The molecular formula is C12H21N3O2. The Bertz CT molecular complexity index is 297. The van der Waals surface area contributed by atoms with Gasteiger partial charge in [0.15, 0.2) is 0 Å². The predicted molar refractivity (Wildman–Crippen MR) is 64.5 cm³/mol. The molecule has 0 radical (unpaired) electrons. The Labute approximate surface area is 102 Å². The van der Waals surface area contributed by atoms with Gasteiger partial charge in [-0.1, -0.05) is 0 Å². The summed E-state index contributed by atoms with van der Waals surface area (Å²) in [6.07, 6.45) is 7.44. The molecule has 5 nitrogen and oxygen atoms in total. The Morgan fingerprint density at radius 1 is 1.53 bits per heavy atom. The third-order valence-corrected chi connectivity index (χ3v) is 3.08. The van der Waals surface area contributed by atoms with E-state index >= 15 is 0 Å². The maximum absolute atomic E-state index is 9.08. The van der Waals surface area contributed by atoms with Crippen molar-refractivity contribution < 1.29 is 9.84 Å². The molecule has 1 unspecified atom stereocenters. The SMILES string of the molecule is OCCN(Cc1ncc[nH]1)CC1CCCCO1. The van der Waals surface area contributed by atoms with Crippen LogP contribution < -0.4 is 0 Å². The van der Waals surface area contributed by atoms with Gasteiger partial charge in [-0.3, -0.25) is 4.90 Å². The van der Waals surface area contributed by atoms with E-state index in [0.29, 0.717) is 12.6 Å². The van der Waals surface area contributed by atoms with Crippen LogP contribution in [0.1, 0.15) is 25.1 Å². The Hall–Kier alpha value is -0.910. The summed E-state index contributed by atoms with van der Waals surface area (Å²) in [4.78, 5) is 9.49. The summed E-state index contributed by atoms with van der Waals surface area (Å²) in [5.74, 6) is 0.939. The van der Waals surface area contributed by atoms with Gasteiger partial charge in [0.1, 0.15) is 5.82 Å². The van der Waals surface area contributed by atoms with Gasteiger partial charge in [0.2, 0.25) is 0 Å². The summed E-state index contributed by atoms with van der Waals surface area (Å²) in [5, 5.41) is 9.08. The minimum absolute atomic E-state index is 0.174. The van der Waals surface area contributed by atoms with Crippen molar-refractivity contribution in [1.82, 2.24) is 14.9 Å². The van der Waals surface area contributed by atoms with Crippen molar-refractivity contribution >= 4 is 0 Å². The molecule has 1 saturated heterocycles. The van der Waals surface area contributed by atoms with Gasteiger partial charge in [0.25, 0.3) is 0 Å². The Morgan fingerprint density at radius 3 is 3.12 bits per heavy atom. The number of hydrogen-bond donors (Lipinski definition) is 2. The number of ether oxygens (including phenoxy) is 1. The van der Waals surface area contributed by atoms with E-state index < -0.39 is 0 Å². The minimum atomic E-state index is 0.174. The van der Waals surface area contributed by atoms with E-state index in [0.717, 1.165) is 31.9 Å². The number of H-pyrrole nitrogens is 1. The average molecular weight is 239 g/mol. The molecule has 2 N–H and O–H groups in total. The molecule has 1 aliphatic rings. The number of nitrogens with zero attached hydrogens (tertiary/aromatic N) is 2. The van der Waals surface area contributed by atoms with Crippen molar-refractivity contribution in [3.05, 3.63) is 18.2 Å². The first-order valence-electron chi connectivity index (χ1n) is 6.31. The lowest BCUT2D eigenvalue weighted by molar-refractivity contribution is -0.00987. The van der Waals surface area contributed by atoms with Crippen molar-refractivity contribution in [2.75, 3.05) is 26.3 Å². The molecule has 2 heterocycles. The Kier molecular flexibility index (Phi) is 4.97. The molecule has 0 spiro atoms. The van der Waals surface area contributed by atoms with Gasteiger partial charge >= 0.3 is 0 Å². The summed E-state index contributed by atoms with van der Waals surface area (Å²) < 4.78 is 5.72. The van der Waals surface area contributed by atoms with Crippen LogP contribution in [-0.4, -0.2) is 52.4 Å². The number of imidazole rings is 1. The van der Waals surface area contributed by atoms with Crippen molar-refractivity contribution in [2.24, 2.45) is 0 Å². The molecule has 0 saturated carbocycles. The quantitative estimate of drug-likeness (QED) is 0.770. The van der Waals surface area contributed by atoms with Crippen LogP contribution in [0.4, 0.5) is 0 Å². The highest BCUT2D eigenvalue weighted by molar-refractivity contribution is 4.87. The highest BCUT2D eigenvalue weighted by Gasteiger charge is 2.18. The van der Waals surface area contributed by atoms with Crippen molar-refractivity contribution in [2.45, 2.75) is 31.9 Å². The summed E-state index contributed by atoms with van der Waals surface area (Å²) in [6.45, 7) is 3.33. The minimum Gasteiger partial charge on any atom is -0.395 e. The lowest BCUT2D eigenvalue weighted by Gasteiger charge is -2.29. The molecule has 17 heavy (non-hydrogen) atoms. The monoisotopic (exact) mass is 239 g/mol. The summed E-state index contributed by atoms with van der Waals surface area (Å²) in [5.41, 5.74) is 0. The van der Waals surface area contributed by atoms with Crippen LogP contribution in [0.15, 0.2) is 12.4 Å². The fourth-order valence-electron chi connectivity index (χ4n) is 2.21. The van der Waals surface area contributed by atoms with Gasteiger partial charge in [-0.15, -0.1) is 0 Å². The highest BCUT2D eigenvalue weighted by atomic mass is 16.5. The summed E-state index contributed by atoms with van der Waals surface area (Å²) in [7, 11) is 0. The molecule has 0 bridgehead atoms. The van der Waals surface area contributed by atoms with E-state index in [1.54, 1.807) is 6.20 Å². The zero-order valence-corrected chi connectivity index (χ0v) is 10.1. The third kappa shape index (κ3) is 4.11. The molecule has 1 aromatic heterocycles. The standard InChI is InChI=1S/C12H21N3O2/c16-7-6-15(10-12-13-4-5-14-12)9-11-3-1-2-8-17-11/h4-5,11,16H,1-3,6-10H2,(H,13,14). The number of rotatable bonds is 6. The molecule has 96 valence electrons. The van der Waals surface area contributed by atoms with E-state index in [9.17, 15) is 0 Å². The fraction of sp³-hybridized carbons (Fsp3) is 0.750. The number of aromatic amines is 1. The van der Waals surface area contributed by atoms with Crippen LogP contribution >= 0.6 is 0 Å². The van der Waals surface area contributed by atoms with Crippen LogP contribution in [0, 0.1) is 0 Å². The van der Waals surface area contributed by atoms with E-state index in [-0.39, 0.29) is 6.61 Å². The molecular weight excluding hydrogens is 218 g/mol. The lowest BCUT2D eigenvalue weighted by atomic mass is 10.1. The van der Waals surface area contributed by atoms with Gasteiger partial charge in [0.05, 0.1) is 19.3 Å². The molecule has 1 aliphatic heterocycles. The van der Waals surface area contributed by atoms with Crippen LogP contribution in [0.2, 0.25) is 0 Å². The van der Waals surface area contributed by atoms with Gasteiger partial charge in [0, 0.05) is 32.1 Å². The van der Waals surface area contributed by atoms with Crippen molar-refractivity contribution in [3.63, 3.8) is 0 Å². The average Bonchev–Trinajstić information content (AvgIpc) is 2.83. The number of aliphatic hydroxyl groups excluding tert-OH is 1. The van der Waals surface area contributed by atoms with Gasteiger partial charge in [-0.2, -0.15) is 0 Å². The first-order valence-corrected chi connectivity index (χ1v) is 6.31. The third-order valence-electron chi connectivity index (χ3n) is 3.08. The summed E-state index contributed by atoms with van der Waals surface area (Å²) in [6, 6.07) is 0. The largest absolute Gasteiger partial charge is 0.395 e. The second kappa shape index (κ2) is 6.74. The van der Waals surface area contributed by atoms with Crippen LogP contribution in [0.25, 0.3) is 0 Å². The zero-order chi connectivity index (χ0) is 11.9. The normalized spacial score (nSPS) is 20.9. The predicted octanol–water partition coefficient (Wildman–Crippen LogP) is 0.773. The lowest BCUT2D eigenvalue weighted by Crippen LogP contribution is -2.37. The van der Waals surface area contributed by atoms with E-state index in [4.69, 9.17) is 9.84 Å². The van der Waals surface area contributed by atoms with Gasteiger partial charge < -0.3 is 14.8 Å². The highest BCUT2D eigenvalue weighted by Crippen LogP contribution is 2.14. The van der Waals surface area contributed by atoms with Crippen molar-refractivity contribution in [1.29, 1.82) is 0 Å². The molecule has 1 atom stereocenters. The van der Waals surface area contributed by atoms with Crippen LogP contribution in [0.5, 0.6) is 0 Å². The Balaban J connectivity index is 1.83. The second-order valence-corrected chi connectivity index (χ2v) is 4.48. The number of aliphatic hydroxyl groups is 1. The van der Waals surface area contributed by atoms with Gasteiger partial charge in [-0.25, -0.2) is 4.98 Å². The van der Waals surface area contributed by atoms with E-state index in [1.807, 2.05) is 6.20 Å². The molecule has 0 amide bonds. The van der Waals surface area contributed by atoms with E-state index in [2.05, 4.69) is 14.9 Å². The number of nitrogens with one attached hydrogen (secondary N) is 1. The molecule has 0 aliphatic carbocycles. The van der Waals surface area contributed by atoms with Gasteiger partial charge in [-0.05, 0) is 19.3 Å². The fourth-order valence-corrected chi connectivity index (χ4v) is 2.21. The smallest absolute Gasteiger partial charge is 0.120 e. The van der Waals surface area contributed by atoms with Crippen molar-refractivity contribution in [3.8, 4) is 0 Å². The maximum atomic E-state index is 9.08. The molecule has 0 aromatic carbocycles.